The third-order valence-electron chi connectivity index (χ3n) is 8.99. The van der Waals surface area contributed by atoms with Crippen molar-refractivity contribution >= 4 is 33.2 Å². The van der Waals surface area contributed by atoms with Crippen LogP contribution in [0.1, 0.15) is 65.2 Å². The lowest BCUT2D eigenvalue weighted by Crippen LogP contribution is -2.26. The maximum Gasteiger partial charge on any atom is 0.162 e. The van der Waals surface area contributed by atoms with Crippen molar-refractivity contribution in [2.24, 2.45) is 11.8 Å². The molecule has 0 saturated heterocycles. The minimum atomic E-state index is 0.558. The number of methoxy groups -OCH3 is 4. The molecule has 0 amide bonds. The van der Waals surface area contributed by atoms with Gasteiger partial charge in [-0.05, 0) is 61.8 Å². The van der Waals surface area contributed by atoms with Crippen molar-refractivity contribution in [1.29, 1.82) is 0 Å². The molecule has 2 saturated carbocycles. The van der Waals surface area contributed by atoms with Crippen LogP contribution in [0.25, 0.3) is 21.8 Å². The van der Waals surface area contributed by atoms with Crippen LogP contribution in [0, 0.1) is 11.8 Å². The molecule has 0 aliphatic heterocycles. The van der Waals surface area contributed by atoms with E-state index in [-0.39, 0.29) is 0 Å². The van der Waals surface area contributed by atoms with Crippen LogP contribution in [0.2, 0.25) is 0 Å². The first kappa shape index (κ1) is 31.5. The van der Waals surface area contributed by atoms with Crippen LogP contribution in [0.15, 0.2) is 48.8 Å². The number of rotatable bonds is 8. The number of benzene rings is 2. The van der Waals surface area contributed by atoms with Gasteiger partial charge >= 0.3 is 0 Å². The lowest BCUT2D eigenvalue weighted by Gasteiger charge is -2.28. The van der Waals surface area contributed by atoms with Gasteiger partial charge in [0.15, 0.2) is 23.0 Å². The van der Waals surface area contributed by atoms with Crippen molar-refractivity contribution in [3.8, 4) is 23.0 Å². The van der Waals surface area contributed by atoms with Gasteiger partial charge in [0.1, 0.15) is 0 Å². The summed E-state index contributed by atoms with van der Waals surface area (Å²) in [6.45, 7) is 4.67. The molecule has 236 valence electrons. The van der Waals surface area contributed by atoms with Crippen molar-refractivity contribution in [1.82, 2.24) is 9.97 Å². The van der Waals surface area contributed by atoms with Gasteiger partial charge in [-0.25, -0.2) is 0 Å². The third-order valence-corrected chi connectivity index (χ3v) is 8.99. The topological polar surface area (TPSA) is 86.8 Å². The first-order chi connectivity index (χ1) is 21.4. The Labute approximate surface area is 261 Å². The highest BCUT2D eigenvalue weighted by Crippen LogP contribution is 2.34. The number of nitrogens with one attached hydrogen (secondary N) is 2. The van der Waals surface area contributed by atoms with Gasteiger partial charge in [0.05, 0.1) is 63.2 Å². The maximum atomic E-state index is 5.38. The second-order valence-corrected chi connectivity index (χ2v) is 12.5. The molecular weight excluding hydrogens is 552 g/mol. The Kier molecular flexibility index (Phi) is 10.5. The standard InChI is InChI=1S/2C18H24N2O2/c2*1-12-5-4-6-14(7-12)20-15-8-13-9-17(21-2)18(22-3)10-16(13)19-11-15/h2*8-12,14,20H,4-7H2,1-3H3/t12-,14+;12-,14-/m11/s1. The van der Waals surface area contributed by atoms with Crippen molar-refractivity contribution in [2.45, 2.75) is 77.3 Å². The molecule has 44 heavy (non-hydrogen) atoms. The molecule has 4 atom stereocenters. The van der Waals surface area contributed by atoms with Crippen molar-refractivity contribution in [2.75, 3.05) is 39.1 Å². The van der Waals surface area contributed by atoms with E-state index in [9.17, 15) is 0 Å². The lowest BCUT2D eigenvalue weighted by atomic mass is 9.87. The quantitative estimate of drug-likeness (QED) is 0.208. The molecule has 2 N–H and O–H groups in total. The zero-order valence-electron chi connectivity index (χ0n) is 27.1. The molecule has 4 aromatic rings. The SMILES string of the molecule is COc1cc2cc(N[C@@H]3CCC[C@@H](C)C3)cnc2cc1OC.COc1cc2cc(N[C@H]3CCC[C@@H](C)C3)cnc2cc1OC. The molecule has 0 radical (unpaired) electrons. The van der Waals surface area contributed by atoms with E-state index in [1.165, 1.54) is 51.4 Å². The Bertz CT molecular complexity index is 1430. The third kappa shape index (κ3) is 7.76. The highest BCUT2D eigenvalue weighted by atomic mass is 16.5. The summed E-state index contributed by atoms with van der Waals surface area (Å²) in [5.74, 6) is 4.52. The Morgan fingerprint density at radius 2 is 0.932 bits per heavy atom. The number of anilines is 2. The Morgan fingerprint density at radius 3 is 1.30 bits per heavy atom. The summed E-state index contributed by atoms with van der Waals surface area (Å²) in [7, 11) is 6.60. The molecule has 8 heteroatoms. The zero-order valence-corrected chi connectivity index (χ0v) is 27.1. The smallest absolute Gasteiger partial charge is 0.162 e. The Balaban J connectivity index is 0.000000175. The summed E-state index contributed by atoms with van der Waals surface area (Å²) >= 11 is 0. The fraction of sp³-hybridized carbons (Fsp3) is 0.500. The van der Waals surface area contributed by atoms with Gasteiger partial charge in [-0.15, -0.1) is 0 Å². The molecule has 6 rings (SSSR count). The number of pyridine rings is 2. The van der Waals surface area contributed by atoms with Crippen molar-refractivity contribution in [3.63, 3.8) is 0 Å². The van der Waals surface area contributed by atoms with E-state index in [1.54, 1.807) is 28.4 Å². The summed E-state index contributed by atoms with van der Waals surface area (Å²) in [6, 6.07) is 13.2. The first-order valence-electron chi connectivity index (χ1n) is 16.0. The van der Waals surface area contributed by atoms with Gasteiger partial charge in [-0.2, -0.15) is 0 Å². The van der Waals surface area contributed by atoms with Gasteiger partial charge in [-0.1, -0.05) is 39.5 Å². The fourth-order valence-corrected chi connectivity index (χ4v) is 6.67. The summed E-state index contributed by atoms with van der Waals surface area (Å²) in [5.41, 5.74) is 4.00. The van der Waals surface area contributed by atoms with Gasteiger partial charge < -0.3 is 29.6 Å². The molecule has 2 aromatic heterocycles. The predicted octanol–water partition coefficient (Wildman–Crippen LogP) is 8.49. The summed E-state index contributed by atoms with van der Waals surface area (Å²) < 4.78 is 21.4. The predicted molar refractivity (Wildman–Crippen MR) is 180 cm³/mol. The van der Waals surface area contributed by atoms with E-state index in [2.05, 4.69) is 46.6 Å². The number of ether oxygens (including phenoxy) is 4. The molecule has 2 fully saturated rings. The maximum absolute atomic E-state index is 5.38. The number of aromatic nitrogens is 2. The highest BCUT2D eigenvalue weighted by Gasteiger charge is 2.20. The molecule has 8 nitrogen and oxygen atoms in total. The van der Waals surface area contributed by atoms with Crippen LogP contribution in [0.3, 0.4) is 0 Å². The highest BCUT2D eigenvalue weighted by molar-refractivity contribution is 5.86. The lowest BCUT2D eigenvalue weighted by molar-refractivity contribution is 0.355. The molecule has 0 bridgehead atoms. The average Bonchev–Trinajstić information content (AvgIpc) is 3.03. The van der Waals surface area contributed by atoms with E-state index in [1.807, 2.05) is 36.7 Å². The van der Waals surface area contributed by atoms with Gasteiger partial charge in [0.25, 0.3) is 0 Å². The minimum absolute atomic E-state index is 0.558. The number of fused-ring (bicyclic) bond motifs is 2. The van der Waals surface area contributed by atoms with Crippen LogP contribution < -0.4 is 29.6 Å². The summed E-state index contributed by atoms with van der Waals surface area (Å²) in [6.07, 6.45) is 14.1. The average molecular weight is 601 g/mol. The second kappa shape index (κ2) is 14.7. The van der Waals surface area contributed by atoms with E-state index >= 15 is 0 Å². The van der Waals surface area contributed by atoms with Crippen molar-refractivity contribution in [3.05, 3.63) is 48.8 Å². The van der Waals surface area contributed by atoms with Gasteiger partial charge in [0, 0.05) is 35.0 Å². The van der Waals surface area contributed by atoms with Crippen LogP contribution in [0.5, 0.6) is 23.0 Å². The van der Waals surface area contributed by atoms with Gasteiger partial charge in [0.2, 0.25) is 0 Å². The van der Waals surface area contributed by atoms with Crippen LogP contribution in [0.4, 0.5) is 11.4 Å². The van der Waals surface area contributed by atoms with E-state index in [4.69, 9.17) is 18.9 Å². The molecule has 2 heterocycles. The molecule has 0 unspecified atom stereocenters. The van der Waals surface area contributed by atoms with Gasteiger partial charge in [-0.3, -0.25) is 9.97 Å². The number of hydrogen-bond acceptors (Lipinski definition) is 8. The molecular formula is C36H48N4O4. The van der Waals surface area contributed by atoms with Crippen molar-refractivity contribution < 1.29 is 18.9 Å². The zero-order chi connectivity index (χ0) is 31.1. The van der Waals surface area contributed by atoms with Crippen LogP contribution in [-0.2, 0) is 0 Å². The fourth-order valence-electron chi connectivity index (χ4n) is 6.67. The van der Waals surface area contributed by atoms with E-state index in [0.717, 1.165) is 56.5 Å². The van der Waals surface area contributed by atoms with Crippen LogP contribution in [-0.4, -0.2) is 50.5 Å². The number of nitrogens with zero attached hydrogens (tertiary/aromatic N) is 2. The monoisotopic (exact) mass is 600 g/mol. The molecule has 2 aromatic carbocycles. The second-order valence-electron chi connectivity index (χ2n) is 12.5. The van der Waals surface area contributed by atoms with E-state index < -0.39 is 0 Å². The normalized spacial score (nSPS) is 21.6. The molecule has 2 aliphatic rings. The molecule has 2 aliphatic carbocycles. The summed E-state index contributed by atoms with van der Waals surface area (Å²) in [4.78, 5) is 9.10. The minimum Gasteiger partial charge on any atom is -0.493 e. The largest absolute Gasteiger partial charge is 0.493 e. The molecule has 0 spiro atoms. The van der Waals surface area contributed by atoms with Crippen LogP contribution >= 0.6 is 0 Å². The number of hydrogen-bond donors (Lipinski definition) is 2. The first-order valence-corrected chi connectivity index (χ1v) is 16.0. The summed E-state index contributed by atoms with van der Waals surface area (Å²) in [5, 5.41) is 9.39. The van der Waals surface area contributed by atoms with E-state index in [0.29, 0.717) is 23.6 Å². The Hall–Kier alpha value is -3.94. The Morgan fingerprint density at radius 1 is 0.545 bits per heavy atom.